The minimum atomic E-state index is -4.38. The van der Waals surface area contributed by atoms with Gasteiger partial charge in [0.25, 0.3) is 0 Å². The summed E-state index contributed by atoms with van der Waals surface area (Å²) in [6.45, 7) is 3.97. The van der Waals surface area contributed by atoms with Gasteiger partial charge in [0.05, 0.1) is 5.57 Å². The average Bonchev–Trinajstić information content (AvgIpc) is 2.19. The highest BCUT2D eigenvalue weighted by molar-refractivity contribution is 5.29. The summed E-state index contributed by atoms with van der Waals surface area (Å²) in [6, 6.07) is 0. The second kappa shape index (κ2) is 5.50. The monoisotopic (exact) mass is 236 g/mol. The smallest absolute Gasteiger partial charge is 0.371 e. The third-order valence-corrected chi connectivity index (χ3v) is 2.21. The highest BCUT2D eigenvalue weighted by Crippen LogP contribution is 2.34. The summed E-state index contributed by atoms with van der Waals surface area (Å²) in [5.41, 5.74) is -0.685. The molecule has 5 heteroatoms. The number of hydrogen-bond donors (Lipinski definition) is 0. The Balaban J connectivity index is 2.88. The van der Waals surface area contributed by atoms with Crippen molar-refractivity contribution in [3.63, 3.8) is 0 Å². The molecular weight excluding hydrogens is 221 g/mol. The van der Waals surface area contributed by atoms with Crippen molar-refractivity contribution >= 4 is 0 Å². The van der Waals surface area contributed by atoms with Crippen LogP contribution in [0.4, 0.5) is 13.2 Å². The van der Waals surface area contributed by atoms with Crippen LogP contribution in [0.5, 0.6) is 0 Å². The highest BCUT2D eigenvalue weighted by Gasteiger charge is 2.42. The standard InChI is InChI=1S/C11H15F3O2/c1-3-15-9-7-5-6-8(11(12,13)14)10(9)16-4-2/h5-7,9-10H,3-4H2,1-2H3/t9-,10+/m1/s1. The maximum atomic E-state index is 12.7. The Hall–Kier alpha value is -0.810. The number of alkyl halides is 3. The lowest BCUT2D eigenvalue weighted by atomic mass is 9.98. The zero-order valence-electron chi connectivity index (χ0n) is 9.25. The fourth-order valence-electron chi connectivity index (χ4n) is 1.60. The first-order valence-corrected chi connectivity index (χ1v) is 5.19. The van der Waals surface area contributed by atoms with Gasteiger partial charge in [0, 0.05) is 13.2 Å². The van der Waals surface area contributed by atoms with Crippen molar-refractivity contribution < 1.29 is 22.6 Å². The van der Waals surface area contributed by atoms with Gasteiger partial charge in [-0.3, -0.25) is 0 Å². The maximum Gasteiger partial charge on any atom is 0.415 e. The van der Waals surface area contributed by atoms with Crippen LogP contribution in [0.15, 0.2) is 23.8 Å². The van der Waals surface area contributed by atoms with Gasteiger partial charge in [-0.15, -0.1) is 0 Å². The van der Waals surface area contributed by atoms with Crippen molar-refractivity contribution in [2.45, 2.75) is 32.2 Å². The highest BCUT2D eigenvalue weighted by atomic mass is 19.4. The molecule has 0 heterocycles. The van der Waals surface area contributed by atoms with E-state index in [1.54, 1.807) is 19.9 Å². The summed E-state index contributed by atoms with van der Waals surface area (Å²) in [7, 11) is 0. The topological polar surface area (TPSA) is 18.5 Å². The van der Waals surface area contributed by atoms with Crippen molar-refractivity contribution in [3.8, 4) is 0 Å². The van der Waals surface area contributed by atoms with Gasteiger partial charge in [0.2, 0.25) is 0 Å². The lowest BCUT2D eigenvalue weighted by Crippen LogP contribution is -2.38. The van der Waals surface area contributed by atoms with Crippen molar-refractivity contribution in [1.82, 2.24) is 0 Å². The van der Waals surface area contributed by atoms with Crippen LogP contribution in [0.2, 0.25) is 0 Å². The molecule has 16 heavy (non-hydrogen) atoms. The Bertz CT molecular complexity index is 281. The molecule has 0 bridgehead atoms. The third kappa shape index (κ3) is 3.09. The molecule has 0 aromatic rings. The predicted octanol–water partition coefficient (Wildman–Crippen LogP) is 2.86. The third-order valence-electron chi connectivity index (χ3n) is 2.21. The minimum Gasteiger partial charge on any atom is -0.371 e. The van der Waals surface area contributed by atoms with E-state index in [4.69, 9.17) is 9.47 Å². The zero-order valence-corrected chi connectivity index (χ0v) is 9.25. The Morgan fingerprint density at radius 2 is 1.81 bits per heavy atom. The molecule has 2 nitrogen and oxygen atoms in total. The molecule has 0 fully saturated rings. The molecule has 1 aliphatic carbocycles. The maximum absolute atomic E-state index is 12.7. The first-order chi connectivity index (χ1) is 7.50. The van der Waals surface area contributed by atoms with E-state index in [1.807, 2.05) is 0 Å². The van der Waals surface area contributed by atoms with E-state index < -0.39 is 24.0 Å². The number of allylic oxidation sites excluding steroid dienone is 2. The van der Waals surface area contributed by atoms with Crippen LogP contribution in [-0.2, 0) is 9.47 Å². The van der Waals surface area contributed by atoms with E-state index in [0.717, 1.165) is 6.08 Å². The predicted molar refractivity (Wildman–Crippen MR) is 54.1 cm³/mol. The van der Waals surface area contributed by atoms with Crippen molar-refractivity contribution in [3.05, 3.63) is 23.8 Å². The first kappa shape index (κ1) is 13.3. The Kier molecular flexibility index (Phi) is 4.56. The molecule has 0 aliphatic heterocycles. The van der Waals surface area contributed by atoms with Crippen LogP contribution in [0, 0.1) is 0 Å². The largest absolute Gasteiger partial charge is 0.415 e. The van der Waals surface area contributed by atoms with Crippen molar-refractivity contribution in [2.24, 2.45) is 0 Å². The van der Waals surface area contributed by atoms with Gasteiger partial charge < -0.3 is 9.47 Å². The minimum absolute atomic E-state index is 0.218. The van der Waals surface area contributed by atoms with E-state index >= 15 is 0 Å². The van der Waals surface area contributed by atoms with Gasteiger partial charge in [-0.25, -0.2) is 0 Å². The number of halogens is 3. The van der Waals surface area contributed by atoms with Gasteiger partial charge in [-0.1, -0.05) is 18.2 Å². The van der Waals surface area contributed by atoms with Crippen molar-refractivity contribution in [1.29, 1.82) is 0 Å². The SMILES string of the molecule is CCO[C@@H]1C=CC=C(C(F)(F)F)[C@@H]1OCC. The molecule has 92 valence electrons. The van der Waals surface area contributed by atoms with Gasteiger partial charge in [0.15, 0.2) is 0 Å². The molecule has 0 radical (unpaired) electrons. The molecule has 0 aromatic heterocycles. The molecule has 0 unspecified atom stereocenters. The second-order valence-corrected chi connectivity index (χ2v) is 3.30. The summed E-state index contributed by atoms with van der Waals surface area (Å²) in [5, 5.41) is 0. The van der Waals surface area contributed by atoms with Crippen LogP contribution in [0.3, 0.4) is 0 Å². The van der Waals surface area contributed by atoms with Gasteiger partial charge in [-0.05, 0) is 13.8 Å². The Morgan fingerprint density at radius 3 is 2.31 bits per heavy atom. The van der Waals surface area contributed by atoms with E-state index in [-0.39, 0.29) is 6.61 Å². The molecule has 0 aromatic carbocycles. The van der Waals surface area contributed by atoms with E-state index in [0.29, 0.717) is 6.61 Å². The number of hydrogen-bond acceptors (Lipinski definition) is 2. The van der Waals surface area contributed by atoms with Gasteiger partial charge in [0.1, 0.15) is 12.2 Å². The molecule has 2 atom stereocenters. The molecule has 1 aliphatic rings. The normalized spacial score (nSPS) is 25.7. The van der Waals surface area contributed by atoms with Gasteiger partial charge in [-0.2, -0.15) is 13.2 Å². The van der Waals surface area contributed by atoms with Gasteiger partial charge >= 0.3 is 6.18 Å². The summed E-state index contributed by atoms with van der Waals surface area (Å²) >= 11 is 0. The average molecular weight is 236 g/mol. The quantitative estimate of drug-likeness (QED) is 0.747. The second-order valence-electron chi connectivity index (χ2n) is 3.30. The zero-order chi connectivity index (χ0) is 12.2. The summed E-state index contributed by atoms with van der Waals surface area (Å²) in [6.07, 6.45) is -2.12. The van der Waals surface area contributed by atoms with Crippen LogP contribution in [-0.4, -0.2) is 31.6 Å². The summed E-state index contributed by atoms with van der Waals surface area (Å²) in [4.78, 5) is 0. The lowest BCUT2D eigenvalue weighted by Gasteiger charge is -2.30. The van der Waals surface area contributed by atoms with Crippen LogP contribution in [0.25, 0.3) is 0 Å². The Morgan fingerprint density at radius 1 is 1.19 bits per heavy atom. The molecule has 1 rings (SSSR count). The van der Waals surface area contributed by atoms with Crippen molar-refractivity contribution in [2.75, 3.05) is 13.2 Å². The Labute approximate surface area is 92.7 Å². The molecule has 0 saturated carbocycles. The fraction of sp³-hybridized carbons (Fsp3) is 0.636. The molecule has 0 spiro atoms. The molecule has 0 amide bonds. The summed E-state index contributed by atoms with van der Waals surface area (Å²) in [5.74, 6) is 0. The lowest BCUT2D eigenvalue weighted by molar-refractivity contribution is -0.125. The molecular formula is C11H15F3O2. The number of ether oxygens (including phenoxy) is 2. The fourth-order valence-corrected chi connectivity index (χ4v) is 1.60. The number of rotatable bonds is 4. The van der Waals surface area contributed by atoms with Crippen LogP contribution in [0.1, 0.15) is 13.8 Å². The van der Waals surface area contributed by atoms with E-state index in [2.05, 4.69) is 0 Å². The molecule has 0 N–H and O–H groups in total. The van der Waals surface area contributed by atoms with E-state index in [1.165, 1.54) is 6.08 Å². The first-order valence-electron chi connectivity index (χ1n) is 5.19. The summed E-state index contributed by atoms with van der Waals surface area (Å²) < 4.78 is 48.4. The molecule has 0 saturated heterocycles. The van der Waals surface area contributed by atoms with E-state index in [9.17, 15) is 13.2 Å². The van der Waals surface area contributed by atoms with Crippen LogP contribution < -0.4 is 0 Å². The van der Waals surface area contributed by atoms with Crippen LogP contribution >= 0.6 is 0 Å².